The Morgan fingerprint density at radius 2 is 1.67 bits per heavy atom. The second-order valence-corrected chi connectivity index (χ2v) is 4.74. The quantitative estimate of drug-likeness (QED) is 0.648. The van der Waals surface area contributed by atoms with Crippen LogP contribution >= 0.6 is 0 Å². The van der Waals surface area contributed by atoms with Crippen LogP contribution in [0.15, 0.2) is 35.5 Å². The fraction of sp³-hybridized carbons (Fsp3) is 0.231. The molecule has 0 unspecified atom stereocenters. The highest BCUT2D eigenvalue weighted by atomic mass is 19.4. The first-order chi connectivity index (χ1) is 11.0. The molecule has 0 saturated heterocycles. The van der Waals surface area contributed by atoms with Crippen molar-refractivity contribution >= 4 is 11.7 Å². The van der Waals surface area contributed by atoms with E-state index in [2.05, 4.69) is 10.4 Å². The minimum absolute atomic E-state index is 0.0315. The van der Waals surface area contributed by atoms with Gasteiger partial charge in [-0.05, 0) is 18.2 Å². The normalized spacial score (nSPS) is 15.6. The molecule has 0 radical (unpaired) electrons. The molecule has 130 valence electrons. The SMILES string of the molecule is NC(=O)/C=C\N1CN=C(c2cc(C(F)(F)F)cc(C(F)(F)F)c2)N1. The first-order valence-corrected chi connectivity index (χ1v) is 6.32. The van der Waals surface area contributed by atoms with Crippen molar-refractivity contribution in [3.8, 4) is 0 Å². The van der Waals surface area contributed by atoms with Gasteiger partial charge in [0.1, 0.15) is 12.5 Å². The number of hydrogen-bond donors (Lipinski definition) is 2. The van der Waals surface area contributed by atoms with E-state index < -0.39 is 29.4 Å². The number of primary amides is 1. The third-order valence-corrected chi connectivity index (χ3v) is 2.91. The van der Waals surface area contributed by atoms with Crippen molar-refractivity contribution in [2.24, 2.45) is 10.7 Å². The Bertz CT molecular complexity index is 675. The van der Waals surface area contributed by atoms with Gasteiger partial charge in [0.2, 0.25) is 5.91 Å². The van der Waals surface area contributed by atoms with Gasteiger partial charge in [-0.3, -0.25) is 15.2 Å². The van der Waals surface area contributed by atoms with Gasteiger partial charge in [-0.2, -0.15) is 26.3 Å². The Balaban J connectivity index is 2.35. The summed E-state index contributed by atoms with van der Waals surface area (Å²) in [6.45, 7) is -0.114. The molecule has 11 heteroatoms. The van der Waals surface area contributed by atoms with Crippen LogP contribution in [0.5, 0.6) is 0 Å². The Labute approximate surface area is 131 Å². The van der Waals surface area contributed by atoms with Crippen LogP contribution in [0.25, 0.3) is 0 Å². The van der Waals surface area contributed by atoms with Crippen molar-refractivity contribution in [3.63, 3.8) is 0 Å². The van der Waals surface area contributed by atoms with Gasteiger partial charge in [-0.25, -0.2) is 4.99 Å². The summed E-state index contributed by atoms with van der Waals surface area (Å²) in [5.74, 6) is -0.968. The number of halogens is 6. The Hall–Kier alpha value is -2.72. The zero-order chi connectivity index (χ0) is 18.1. The van der Waals surface area contributed by atoms with Crippen LogP contribution in [-0.4, -0.2) is 23.4 Å². The van der Waals surface area contributed by atoms with Crippen molar-refractivity contribution in [1.29, 1.82) is 0 Å². The maximum Gasteiger partial charge on any atom is 0.416 e. The molecule has 2 rings (SSSR count). The molecule has 0 saturated carbocycles. The fourth-order valence-electron chi connectivity index (χ4n) is 1.85. The van der Waals surface area contributed by atoms with E-state index in [0.29, 0.717) is 12.1 Å². The molecule has 0 atom stereocenters. The topological polar surface area (TPSA) is 70.7 Å². The summed E-state index contributed by atoms with van der Waals surface area (Å²) in [6.07, 6.45) is -7.77. The number of aliphatic imine (C=N–C) groups is 1. The molecule has 1 aliphatic heterocycles. The highest BCUT2D eigenvalue weighted by Crippen LogP contribution is 2.36. The van der Waals surface area contributed by atoms with E-state index in [-0.39, 0.29) is 24.1 Å². The number of nitrogens with two attached hydrogens (primary N) is 1. The highest BCUT2D eigenvalue weighted by molar-refractivity contribution is 5.99. The number of nitrogens with one attached hydrogen (secondary N) is 1. The third kappa shape index (κ3) is 4.18. The molecular formula is C13H10F6N4O. The molecule has 1 heterocycles. The van der Waals surface area contributed by atoms with Crippen LogP contribution in [0.3, 0.4) is 0 Å². The summed E-state index contributed by atoms with van der Waals surface area (Å²) in [5.41, 5.74) is 4.09. The number of carbonyl (C=O) groups excluding carboxylic acids is 1. The predicted molar refractivity (Wildman–Crippen MR) is 71.2 cm³/mol. The standard InChI is InChI=1S/C13H10F6N4O/c14-12(15,16)8-3-7(4-9(5-8)13(17,18)19)11-21-6-23(22-11)2-1-10(20)24/h1-5H,6H2,(H2,20,24)(H,21,22)/b2-1-. The summed E-state index contributed by atoms with van der Waals surface area (Å²) in [5, 5.41) is 1.17. The van der Waals surface area contributed by atoms with E-state index in [1.54, 1.807) is 0 Å². The molecule has 5 nitrogen and oxygen atoms in total. The fourth-order valence-corrected chi connectivity index (χ4v) is 1.85. The zero-order valence-corrected chi connectivity index (χ0v) is 11.7. The van der Waals surface area contributed by atoms with E-state index in [0.717, 1.165) is 12.3 Å². The molecule has 3 N–H and O–H groups in total. The van der Waals surface area contributed by atoms with Crippen LogP contribution in [0.4, 0.5) is 26.3 Å². The molecule has 0 aliphatic carbocycles. The lowest BCUT2D eigenvalue weighted by Gasteiger charge is -2.16. The molecular weight excluding hydrogens is 342 g/mol. The van der Waals surface area contributed by atoms with Gasteiger partial charge in [-0.15, -0.1) is 0 Å². The zero-order valence-electron chi connectivity index (χ0n) is 11.7. The number of amides is 1. The average molecular weight is 352 g/mol. The van der Waals surface area contributed by atoms with Crippen molar-refractivity contribution in [2.45, 2.75) is 12.4 Å². The predicted octanol–water partition coefficient (Wildman–Crippen LogP) is 2.25. The van der Waals surface area contributed by atoms with Gasteiger partial charge < -0.3 is 5.73 Å². The summed E-state index contributed by atoms with van der Waals surface area (Å²) in [6, 6.07) is 1.15. The number of benzene rings is 1. The average Bonchev–Trinajstić information content (AvgIpc) is 2.91. The number of hydrogen-bond acceptors (Lipinski definition) is 4. The summed E-state index contributed by atoms with van der Waals surface area (Å²) >= 11 is 0. The highest BCUT2D eigenvalue weighted by Gasteiger charge is 2.37. The number of alkyl halides is 6. The van der Waals surface area contributed by atoms with E-state index in [1.807, 2.05) is 0 Å². The Morgan fingerprint density at radius 3 is 2.12 bits per heavy atom. The molecule has 0 fully saturated rings. The Kier molecular flexibility index (Phi) is 4.45. The number of carbonyl (C=O) groups is 1. The molecule has 1 aliphatic rings. The molecule has 1 aromatic rings. The van der Waals surface area contributed by atoms with Crippen LogP contribution in [-0.2, 0) is 17.1 Å². The number of nitrogens with zero attached hydrogens (tertiary/aromatic N) is 2. The van der Waals surface area contributed by atoms with Gasteiger partial charge in [-0.1, -0.05) is 0 Å². The van der Waals surface area contributed by atoms with Crippen LogP contribution in [0, 0.1) is 0 Å². The number of hydrazine groups is 1. The second kappa shape index (κ2) is 6.06. The van der Waals surface area contributed by atoms with Gasteiger partial charge >= 0.3 is 12.4 Å². The lowest BCUT2D eigenvalue weighted by molar-refractivity contribution is -0.143. The minimum Gasteiger partial charge on any atom is -0.366 e. The minimum atomic E-state index is -4.94. The van der Waals surface area contributed by atoms with Crippen LogP contribution in [0.2, 0.25) is 0 Å². The molecule has 0 spiro atoms. The molecule has 1 aromatic carbocycles. The number of amidine groups is 1. The van der Waals surface area contributed by atoms with E-state index in [1.165, 1.54) is 5.01 Å². The van der Waals surface area contributed by atoms with Gasteiger partial charge in [0, 0.05) is 17.8 Å². The largest absolute Gasteiger partial charge is 0.416 e. The molecule has 24 heavy (non-hydrogen) atoms. The first-order valence-electron chi connectivity index (χ1n) is 6.32. The van der Waals surface area contributed by atoms with Crippen molar-refractivity contribution in [2.75, 3.05) is 6.67 Å². The molecule has 0 aromatic heterocycles. The van der Waals surface area contributed by atoms with E-state index in [4.69, 9.17) is 5.73 Å². The van der Waals surface area contributed by atoms with Gasteiger partial charge in [0.15, 0.2) is 0 Å². The summed E-state index contributed by atoms with van der Waals surface area (Å²) < 4.78 is 76.9. The van der Waals surface area contributed by atoms with Gasteiger partial charge in [0.05, 0.1) is 11.1 Å². The number of rotatable bonds is 3. The van der Waals surface area contributed by atoms with E-state index >= 15 is 0 Å². The smallest absolute Gasteiger partial charge is 0.366 e. The Morgan fingerprint density at radius 1 is 1.12 bits per heavy atom. The van der Waals surface area contributed by atoms with E-state index in [9.17, 15) is 31.1 Å². The maximum atomic E-state index is 12.8. The van der Waals surface area contributed by atoms with Crippen molar-refractivity contribution < 1.29 is 31.1 Å². The second-order valence-electron chi connectivity index (χ2n) is 4.74. The summed E-state index contributed by atoms with van der Waals surface area (Å²) in [4.78, 5) is 14.4. The first kappa shape index (κ1) is 17.6. The monoisotopic (exact) mass is 352 g/mol. The van der Waals surface area contributed by atoms with Gasteiger partial charge in [0.25, 0.3) is 0 Å². The lowest BCUT2D eigenvalue weighted by atomic mass is 10.0. The van der Waals surface area contributed by atoms with Crippen molar-refractivity contribution in [3.05, 3.63) is 47.2 Å². The molecule has 1 amide bonds. The van der Waals surface area contributed by atoms with Crippen LogP contribution < -0.4 is 11.2 Å². The van der Waals surface area contributed by atoms with Crippen LogP contribution in [0.1, 0.15) is 16.7 Å². The lowest BCUT2D eigenvalue weighted by Crippen LogP contribution is -2.32. The third-order valence-electron chi connectivity index (χ3n) is 2.91. The maximum absolute atomic E-state index is 12.8. The van der Waals surface area contributed by atoms with Crippen molar-refractivity contribution in [1.82, 2.24) is 10.4 Å². The summed E-state index contributed by atoms with van der Waals surface area (Å²) in [7, 11) is 0. The molecule has 0 bridgehead atoms.